The monoisotopic (exact) mass is 254 g/mol. The van der Waals surface area contributed by atoms with E-state index in [9.17, 15) is 0 Å². The van der Waals surface area contributed by atoms with Crippen LogP contribution in [-0.2, 0) is 0 Å². The van der Waals surface area contributed by atoms with Crippen LogP contribution in [0.1, 0.15) is 0 Å². The van der Waals surface area contributed by atoms with Gasteiger partial charge in [-0.3, -0.25) is 0 Å². The van der Waals surface area contributed by atoms with Crippen LogP contribution in [0.3, 0.4) is 0 Å². The van der Waals surface area contributed by atoms with E-state index >= 15 is 0 Å². The Morgan fingerprint density at radius 2 is 1.31 bits per heavy atom. The zero-order chi connectivity index (χ0) is 11.4. The Kier molecular flexibility index (Phi) is 3.44. The fraction of sp³-hybridized carbons (Fsp3) is 0. The van der Waals surface area contributed by atoms with Gasteiger partial charge in [0, 0.05) is 23.5 Å². The van der Waals surface area contributed by atoms with Crippen LogP contribution in [0.15, 0.2) is 57.2 Å². The summed E-state index contributed by atoms with van der Waals surface area (Å²) in [6, 6.07) is 0. The molecule has 2 heterocycles. The summed E-state index contributed by atoms with van der Waals surface area (Å²) in [6.07, 6.45) is 7.12. The molecule has 0 spiro atoms. The topological polar surface area (TPSA) is 48.8 Å². The summed E-state index contributed by atoms with van der Waals surface area (Å²) in [5.41, 5.74) is 4.18. The van der Waals surface area contributed by atoms with Crippen molar-refractivity contribution >= 4 is 34.6 Å². The quantitative estimate of drug-likeness (QED) is 0.754. The first-order valence-corrected chi connectivity index (χ1v) is 5.35. The minimum absolute atomic E-state index is 0.574. The van der Waals surface area contributed by atoms with Gasteiger partial charge in [0.05, 0.1) is 11.4 Å². The highest BCUT2D eigenvalue weighted by atomic mass is 35.5. The van der Waals surface area contributed by atoms with Crippen LogP contribution in [0.25, 0.3) is 0 Å². The molecule has 2 aliphatic heterocycles. The standard InChI is InChI=1S/C10H8Cl2N4/c11-5-9-13-3-1-7(15-9)8-2-4-14-10(6-12)16-8/h1-6,13-14H. The molecule has 4 nitrogen and oxygen atoms in total. The van der Waals surface area contributed by atoms with Gasteiger partial charge in [0.15, 0.2) is 0 Å². The molecule has 0 aliphatic carbocycles. The Labute approximate surface area is 103 Å². The van der Waals surface area contributed by atoms with E-state index in [1.165, 1.54) is 11.1 Å². The lowest BCUT2D eigenvalue weighted by molar-refractivity contribution is 1.01. The predicted molar refractivity (Wildman–Crippen MR) is 67.3 cm³/mol. The molecule has 2 N–H and O–H groups in total. The number of hydrogen-bond acceptors (Lipinski definition) is 4. The summed E-state index contributed by atoms with van der Waals surface area (Å²) in [4.78, 5) is 8.52. The Morgan fingerprint density at radius 1 is 0.875 bits per heavy atom. The lowest BCUT2D eigenvalue weighted by Gasteiger charge is -2.13. The van der Waals surface area contributed by atoms with Crippen molar-refractivity contribution in [2.45, 2.75) is 0 Å². The summed E-state index contributed by atoms with van der Waals surface area (Å²) in [7, 11) is 0. The summed E-state index contributed by atoms with van der Waals surface area (Å²) in [5, 5.41) is 5.78. The van der Waals surface area contributed by atoms with E-state index in [-0.39, 0.29) is 0 Å². The summed E-state index contributed by atoms with van der Waals surface area (Å²) < 4.78 is 0. The molecule has 2 rings (SSSR count). The van der Waals surface area contributed by atoms with Gasteiger partial charge in [-0.1, -0.05) is 23.2 Å². The van der Waals surface area contributed by atoms with E-state index < -0.39 is 0 Å². The molecule has 0 unspecified atom stereocenters. The van der Waals surface area contributed by atoms with Crippen molar-refractivity contribution in [2.75, 3.05) is 0 Å². The minimum atomic E-state index is 0.574. The Hall–Kier alpha value is -1.52. The van der Waals surface area contributed by atoms with Crippen molar-refractivity contribution in [3.05, 3.63) is 47.3 Å². The fourth-order valence-electron chi connectivity index (χ4n) is 1.21. The van der Waals surface area contributed by atoms with Crippen LogP contribution < -0.4 is 10.6 Å². The smallest absolute Gasteiger partial charge is 0.142 e. The second kappa shape index (κ2) is 5.01. The maximum absolute atomic E-state index is 5.57. The molecular formula is C10H8Cl2N4. The number of rotatable bonds is 1. The van der Waals surface area contributed by atoms with Gasteiger partial charge >= 0.3 is 0 Å². The van der Waals surface area contributed by atoms with Crippen LogP contribution >= 0.6 is 23.2 Å². The van der Waals surface area contributed by atoms with Crippen molar-refractivity contribution in [3.8, 4) is 0 Å². The zero-order valence-corrected chi connectivity index (χ0v) is 9.63. The van der Waals surface area contributed by atoms with Gasteiger partial charge < -0.3 is 10.6 Å². The maximum atomic E-state index is 5.57. The fourth-order valence-corrected chi connectivity index (χ4v) is 1.43. The van der Waals surface area contributed by atoms with Crippen LogP contribution in [0.5, 0.6) is 0 Å². The molecule has 0 saturated carbocycles. The molecule has 2 aliphatic rings. The van der Waals surface area contributed by atoms with Crippen molar-refractivity contribution in [3.63, 3.8) is 0 Å². The van der Waals surface area contributed by atoms with Gasteiger partial charge in [-0.25, -0.2) is 9.98 Å². The third-order valence-electron chi connectivity index (χ3n) is 1.90. The number of nitrogens with one attached hydrogen (secondary N) is 2. The molecule has 0 radical (unpaired) electrons. The van der Waals surface area contributed by atoms with Crippen LogP contribution in [0, 0.1) is 0 Å². The first kappa shape index (κ1) is 11.0. The van der Waals surface area contributed by atoms with Gasteiger partial charge in [-0.15, -0.1) is 0 Å². The van der Waals surface area contributed by atoms with Crippen LogP contribution in [0.4, 0.5) is 0 Å². The minimum Gasteiger partial charge on any atom is -0.346 e. The maximum Gasteiger partial charge on any atom is 0.142 e. The first-order valence-electron chi connectivity index (χ1n) is 4.48. The van der Waals surface area contributed by atoms with Crippen LogP contribution in [-0.4, -0.2) is 11.4 Å². The number of halogens is 2. The van der Waals surface area contributed by atoms with Crippen molar-refractivity contribution in [1.29, 1.82) is 0 Å². The second-order valence-corrected chi connectivity index (χ2v) is 3.37. The van der Waals surface area contributed by atoms with E-state index in [1.54, 1.807) is 12.4 Å². The number of allylic oxidation sites excluding steroid dienone is 2. The third-order valence-corrected chi connectivity index (χ3v) is 2.31. The SMILES string of the molecule is ClC=C1N=C(C2=NC(=CCl)NC=C2)C=CN1. The molecule has 0 aromatic rings. The van der Waals surface area contributed by atoms with Crippen molar-refractivity contribution in [2.24, 2.45) is 9.98 Å². The van der Waals surface area contributed by atoms with E-state index in [4.69, 9.17) is 23.2 Å². The molecule has 0 aromatic carbocycles. The van der Waals surface area contributed by atoms with E-state index in [2.05, 4.69) is 20.6 Å². The highest BCUT2D eigenvalue weighted by Crippen LogP contribution is 2.08. The number of hydrogen-bond donors (Lipinski definition) is 2. The van der Waals surface area contributed by atoms with E-state index in [0.717, 1.165) is 11.4 Å². The average Bonchev–Trinajstić information content (AvgIpc) is 2.39. The molecule has 16 heavy (non-hydrogen) atoms. The molecule has 0 atom stereocenters. The second-order valence-electron chi connectivity index (χ2n) is 2.94. The summed E-state index contributed by atoms with van der Waals surface area (Å²) in [6.45, 7) is 0. The molecular weight excluding hydrogens is 247 g/mol. The zero-order valence-electron chi connectivity index (χ0n) is 8.11. The normalized spacial score (nSPS) is 23.9. The summed E-state index contributed by atoms with van der Waals surface area (Å²) >= 11 is 11.1. The van der Waals surface area contributed by atoms with Gasteiger partial charge in [0.25, 0.3) is 0 Å². The van der Waals surface area contributed by atoms with Gasteiger partial charge in [0.2, 0.25) is 0 Å². The van der Waals surface area contributed by atoms with Crippen molar-refractivity contribution in [1.82, 2.24) is 10.6 Å². The predicted octanol–water partition coefficient (Wildman–Crippen LogP) is 2.18. The van der Waals surface area contributed by atoms with E-state index in [1.807, 2.05) is 12.2 Å². The Balaban J connectivity index is 2.32. The summed E-state index contributed by atoms with van der Waals surface area (Å²) in [5.74, 6) is 1.15. The molecule has 0 saturated heterocycles. The van der Waals surface area contributed by atoms with Gasteiger partial charge in [0.1, 0.15) is 11.6 Å². The molecule has 0 bridgehead atoms. The third kappa shape index (κ3) is 2.35. The number of aliphatic imine (C=N–C) groups is 2. The lowest BCUT2D eigenvalue weighted by Crippen LogP contribution is -2.21. The highest BCUT2D eigenvalue weighted by molar-refractivity contribution is 6.51. The average molecular weight is 255 g/mol. The van der Waals surface area contributed by atoms with E-state index in [0.29, 0.717) is 11.6 Å². The molecule has 0 fully saturated rings. The molecule has 6 heteroatoms. The largest absolute Gasteiger partial charge is 0.346 e. The highest BCUT2D eigenvalue weighted by Gasteiger charge is 2.10. The Bertz CT molecular complexity index is 425. The molecule has 82 valence electrons. The lowest BCUT2D eigenvalue weighted by atomic mass is 10.2. The first-order chi connectivity index (χ1) is 7.83. The number of nitrogens with zero attached hydrogens (tertiary/aromatic N) is 2. The molecule has 0 aromatic heterocycles. The van der Waals surface area contributed by atoms with Crippen LogP contribution in [0.2, 0.25) is 0 Å². The van der Waals surface area contributed by atoms with Crippen molar-refractivity contribution < 1.29 is 0 Å². The van der Waals surface area contributed by atoms with Gasteiger partial charge in [-0.2, -0.15) is 0 Å². The van der Waals surface area contributed by atoms with Gasteiger partial charge in [-0.05, 0) is 12.2 Å². The molecule has 0 amide bonds. The Morgan fingerprint density at radius 3 is 1.69 bits per heavy atom.